The first-order valence-corrected chi connectivity index (χ1v) is 8.22. The van der Waals surface area contributed by atoms with E-state index in [1.54, 1.807) is 27.7 Å². The fourth-order valence-electron chi connectivity index (χ4n) is 2.25. The Bertz CT molecular complexity index is 622. The van der Waals surface area contributed by atoms with E-state index in [4.69, 9.17) is 10.2 Å². The van der Waals surface area contributed by atoms with Crippen LogP contribution in [-0.2, 0) is 9.59 Å². The zero-order valence-electron chi connectivity index (χ0n) is 15.1. The lowest BCUT2D eigenvalue weighted by Crippen LogP contribution is -2.44. The molecule has 26 heavy (non-hydrogen) atoms. The van der Waals surface area contributed by atoms with E-state index >= 15 is 0 Å². The number of rotatable bonds is 8. The molecule has 0 aliphatic carbocycles. The van der Waals surface area contributed by atoms with Gasteiger partial charge in [-0.25, -0.2) is 9.59 Å². The zero-order valence-corrected chi connectivity index (χ0v) is 15.1. The van der Waals surface area contributed by atoms with Gasteiger partial charge >= 0.3 is 11.9 Å². The van der Waals surface area contributed by atoms with Crippen LogP contribution in [0.5, 0.6) is 0 Å². The molecule has 0 saturated heterocycles. The summed E-state index contributed by atoms with van der Waals surface area (Å²) in [6.45, 7) is 6.72. The van der Waals surface area contributed by atoms with E-state index in [0.29, 0.717) is 0 Å². The van der Waals surface area contributed by atoms with Crippen molar-refractivity contribution in [1.29, 1.82) is 0 Å². The van der Waals surface area contributed by atoms with Crippen molar-refractivity contribution in [1.82, 2.24) is 10.6 Å². The smallest absolute Gasteiger partial charge is 0.326 e. The molecule has 0 fully saturated rings. The van der Waals surface area contributed by atoms with Crippen molar-refractivity contribution < 1.29 is 29.4 Å². The number of benzene rings is 1. The quantitative estimate of drug-likeness (QED) is 0.550. The highest BCUT2D eigenvalue weighted by Gasteiger charge is 2.25. The molecule has 0 aromatic heterocycles. The van der Waals surface area contributed by atoms with Crippen molar-refractivity contribution in [2.24, 2.45) is 11.8 Å². The molecule has 8 nitrogen and oxygen atoms in total. The molecule has 1 rings (SSSR count). The second kappa shape index (κ2) is 8.98. The number of carboxylic acids is 2. The Morgan fingerprint density at radius 3 is 1.15 bits per heavy atom. The lowest BCUT2D eigenvalue weighted by molar-refractivity contribution is -0.141. The van der Waals surface area contributed by atoms with E-state index in [-0.39, 0.29) is 23.0 Å². The predicted octanol–water partition coefficient (Wildman–Crippen LogP) is 1.36. The van der Waals surface area contributed by atoms with E-state index in [9.17, 15) is 19.2 Å². The predicted molar refractivity (Wildman–Crippen MR) is 93.9 cm³/mol. The van der Waals surface area contributed by atoms with Crippen molar-refractivity contribution in [2.45, 2.75) is 39.8 Å². The van der Waals surface area contributed by atoms with Gasteiger partial charge in [0.15, 0.2) is 0 Å². The lowest BCUT2D eigenvalue weighted by atomic mass is 10.0. The maximum absolute atomic E-state index is 12.1. The lowest BCUT2D eigenvalue weighted by Gasteiger charge is -2.18. The Hall–Kier alpha value is -2.90. The first-order valence-electron chi connectivity index (χ1n) is 8.22. The van der Waals surface area contributed by atoms with Gasteiger partial charge in [0.2, 0.25) is 0 Å². The van der Waals surface area contributed by atoms with Crippen LogP contribution in [-0.4, -0.2) is 46.0 Å². The average molecular weight is 364 g/mol. The van der Waals surface area contributed by atoms with Gasteiger partial charge in [0.1, 0.15) is 12.1 Å². The van der Waals surface area contributed by atoms with Gasteiger partial charge in [0.25, 0.3) is 11.8 Å². The summed E-state index contributed by atoms with van der Waals surface area (Å²) in [4.78, 5) is 46.6. The van der Waals surface area contributed by atoms with E-state index in [1.807, 2.05) is 0 Å². The number of hydrogen-bond acceptors (Lipinski definition) is 4. The van der Waals surface area contributed by atoms with Crippen LogP contribution >= 0.6 is 0 Å². The maximum atomic E-state index is 12.1. The fourth-order valence-corrected chi connectivity index (χ4v) is 2.25. The molecule has 1 aromatic carbocycles. The Labute approximate surface area is 151 Å². The van der Waals surface area contributed by atoms with Crippen molar-refractivity contribution in [3.63, 3.8) is 0 Å². The average Bonchev–Trinajstić information content (AvgIpc) is 2.55. The molecular formula is C18H24N2O6. The second-order valence-electron chi connectivity index (χ2n) is 6.64. The van der Waals surface area contributed by atoms with Gasteiger partial charge in [-0.2, -0.15) is 0 Å². The van der Waals surface area contributed by atoms with Crippen molar-refractivity contribution in [3.05, 3.63) is 35.4 Å². The third-order valence-electron chi connectivity index (χ3n) is 3.85. The molecule has 2 amide bonds. The van der Waals surface area contributed by atoms with Gasteiger partial charge in [-0.15, -0.1) is 0 Å². The molecule has 1 aromatic rings. The number of carbonyl (C=O) groups is 4. The van der Waals surface area contributed by atoms with Crippen LogP contribution in [0.25, 0.3) is 0 Å². The van der Waals surface area contributed by atoms with Gasteiger partial charge in [-0.05, 0) is 36.1 Å². The van der Waals surface area contributed by atoms with Crippen molar-refractivity contribution in [2.75, 3.05) is 0 Å². The van der Waals surface area contributed by atoms with Gasteiger partial charge in [-0.3, -0.25) is 9.59 Å². The van der Waals surface area contributed by atoms with Gasteiger partial charge in [0, 0.05) is 11.1 Å². The normalized spacial score (nSPS) is 13.2. The molecule has 142 valence electrons. The van der Waals surface area contributed by atoms with Crippen LogP contribution in [0, 0.1) is 11.8 Å². The number of carboxylic acid groups (broad SMARTS) is 2. The second-order valence-corrected chi connectivity index (χ2v) is 6.64. The molecule has 0 spiro atoms. The van der Waals surface area contributed by atoms with Crippen molar-refractivity contribution in [3.8, 4) is 0 Å². The Kier molecular flexibility index (Phi) is 7.30. The molecule has 0 radical (unpaired) electrons. The molecule has 0 bridgehead atoms. The van der Waals surface area contributed by atoms with Gasteiger partial charge < -0.3 is 20.8 Å². The summed E-state index contributed by atoms with van der Waals surface area (Å²) in [6, 6.07) is 3.49. The molecule has 0 aliphatic rings. The number of nitrogens with one attached hydrogen (secondary N) is 2. The molecule has 2 atom stereocenters. The van der Waals surface area contributed by atoms with Crippen LogP contribution in [0.2, 0.25) is 0 Å². The number of carbonyl (C=O) groups excluding carboxylic acids is 2. The highest BCUT2D eigenvalue weighted by molar-refractivity contribution is 6.00. The largest absolute Gasteiger partial charge is 0.480 e. The minimum Gasteiger partial charge on any atom is -0.480 e. The van der Waals surface area contributed by atoms with Crippen LogP contribution in [0.1, 0.15) is 48.4 Å². The third kappa shape index (κ3) is 5.58. The SMILES string of the molecule is CC(C)[C@H](NC(=O)c1ccc(C(=O)N[C@@H](C(=O)O)C(C)C)cc1)C(=O)O. The van der Waals surface area contributed by atoms with Crippen LogP contribution < -0.4 is 10.6 Å². The summed E-state index contributed by atoms with van der Waals surface area (Å²) in [5.41, 5.74) is 0.402. The molecule has 8 heteroatoms. The van der Waals surface area contributed by atoms with E-state index in [0.717, 1.165) is 0 Å². The number of aliphatic carboxylic acids is 2. The van der Waals surface area contributed by atoms with Crippen LogP contribution in [0.15, 0.2) is 24.3 Å². The highest BCUT2D eigenvalue weighted by atomic mass is 16.4. The molecule has 0 unspecified atom stereocenters. The standard InChI is InChI=1S/C18H24N2O6/c1-9(2)13(17(23)24)19-15(21)11-5-7-12(8-6-11)16(22)20-14(10(3)4)18(25)26/h5-10,13-14H,1-4H3,(H,19,21)(H,20,22)(H,23,24)(H,25,26)/t13-,14+. The first-order chi connectivity index (χ1) is 12.0. The minimum atomic E-state index is -1.13. The van der Waals surface area contributed by atoms with Gasteiger partial charge in [-0.1, -0.05) is 27.7 Å². The molecule has 0 heterocycles. The summed E-state index contributed by atoms with van der Waals surface area (Å²) in [7, 11) is 0. The monoisotopic (exact) mass is 364 g/mol. The molecule has 0 aliphatic heterocycles. The van der Waals surface area contributed by atoms with Crippen LogP contribution in [0.4, 0.5) is 0 Å². The maximum Gasteiger partial charge on any atom is 0.326 e. The van der Waals surface area contributed by atoms with Crippen LogP contribution in [0.3, 0.4) is 0 Å². The van der Waals surface area contributed by atoms with Crippen molar-refractivity contribution >= 4 is 23.8 Å². The minimum absolute atomic E-state index is 0.201. The third-order valence-corrected chi connectivity index (χ3v) is 3.85. The fraction of sp³-hybridized carbons (Fsp3) is 0.444. The number of amides is 2. The number of hydrogen-bond donors (Lipinski definition) is 4. The first kappa shape index (κ1) is 21.1. The highest BCUT2D eigenvalue weighted by Crippen LogP contribution is 2.09. The molecular weight excluding hydrogens is 340 g/mol. The Balaban J connectivity index is 2.84. The Morgan fingerprint density at radius 1 is 0.692 bits per heavy atom. The summed E-state index contributed by atoms with van der Waals surface area (Å²) in [6.07, 6.45) is 0. The molecule has 0 saturated carbocycles. The zero-order chi connectivity index (χ0) is 20.0. The summed E-state index contributed by atoms with van der Waals surface area (Å²) >= 11 is 0. The van der Waals surface area contributed by atoms with Gasteiger partial charge in [0.05, 0.1) is 0 Å². The topological polar surface area (TPSA) is 133 Å². The summed E-state index contributed by atoms with van der Waals surface area (Å²) in [5, 5.41) is 23.1. The summed E-state index contributed by atoms with van der Waals surface area (Å²) < 4.78 is 0. The Morgan fingerprint density at radius 2 is 0.962 bits per heavy atom. The van der Waals surface area contributed by atoms with E-state index < -0.39 is 35.8 Å². The van der Waals surface area contributed by atoms with E-state index in [1.165, 1.54) is 24.3 Å². The van der Waals surface area contributed by atoms with E-state index in [2.05, 4.69) is 10.6 Å². The molecule has 4 N–H and O–H groups in total. The summed E-state index contributed by atoms with van der Waals surface area (Å²) in [5.74, 6) is -3.96.